The second-order valence-electron chi connectivity index (χ2n) is 4.67. The molecule has 0 aliphatic carbocycles. The van der Waals surface area contributed by atoms with E-state index in [1.165, 1.54) is 6.42 Å². The van der Waals surface area contributed by atoms with Gasteiger partial charge in [0, 0.05) is 12.6 Å². The molecule has 1 aliphatic rings. The molecule has 1 fully saturated rings. The summed E-state index contributed by atoms with van der Waals surface area (Å²) in [6, 6.07) is 0.335. The summed E-state index contributed by atoms with van der Waals surface area (Å²) >= 11 is 0. The fourth-order valence-corrected chi connectivity index (χ4v) is 2.14. The summed E-state index contributed by atoms with van der Waals surface area (Å²) in [7, 11) is 0. The van der Waals surface area contributed by atoms with Crippen molar-refractivity contribution in [3.05, 3.63) is 0 Å². The second-order valence-corrected chi connectivity index (χ2v) is 4.67. The van der Waals surface area contributed by atoms with E-state index in [0.717, 1.165) is 25.8 Å². The van der Waals surface area contributed by atoms with Gasteiger partial charge in [-0.15, -0.1) is 0 Å². The summed E-state index contributed by atoms with van der Waals surface area (Å²) in [4.78, 5) is 13.9. The molecule has 94 valence electrons. The zero-order chi connectivity index (χ0) is 12.0. The molecule has 0 spiro atoms. The third-order valence-corrected chi connectivity index (χ3v) is 2.99. The Bertz CT molecular complexity index is 217. The topological polar surface area (TPSA) is 55.6 Å². The maximum atomic E-state index is 11.9. The van der Waals surface area contributed by atoms with Crippen LogP contribution in [0.1, 0.15) is 39.5 Å². The summed E-state index contributed by atoms with van der Waals surface area (Å²) < 4.78 is 5.36. The molecule has 0 bridgehead atoms. The molecule has 1 rings (SSSR count). The maximum Gasteiger partial charge on any atom is 0.248 e. The molecule has 1 aliphatic heterocycles. The molecule has 2 N–H and O–H groups in total. The summed E-state index contributed by atoms with van der Waals surface area (Å²) in [6.07, 6.45) is 4.42. The van der Waals surface area contributed by atoms with Crippen LogP contribution in [-0.2, 0) is 9.53 Å². The summed E-state index contributed by atoms with van der Waals surface area (Å²) in [5, 5.41) is 0. The van der Waals surface area contributed by atoms with Gasteiger partial charge in [0.05, 0.1) is 6.10 Å². The molecule has 1 amide bonds. The molecule has 1 heterocycles. The number of piperidine rings is 1. The Morgan fingerprint density at radius 1 is 1.50 bits per heavy atom. The number of carbonyl (C=O) groups is 1. The van der Waals surface area contributed by atoms with Crippen molar-refractivity contribution in [2.45, 2.75) is 51.7 Å². The van der Waals surface area contributed by atoms with E-state index < -0.39 is 0 Å². The molecular formula is C12H24N2O2. The van der Waals surface area contributed by atoms with Crippen LogP contribution in [0.2, 0.25) is 0 Å². The Kier molecular flexibility index (Phi) is 5.77. The molecule has 1 atom stereocenters. The predicted molar refractivity (Wildman–Crippen MR) is 64.1 cm³/mol. The Labute approximate surface area is 98.1 Å². The molecule has 16 heavy (non-hydrogen) atoms. The normalized spacial score (nSPS) is 21.5. The van der Waals surface area contributed by atoms with Crippen LogP contribution in [-0.4, -0.2) is 42.6 Å². The molecule has 0 aromatic carbocycles. The molecule has 1 unspecified atom stereocenters. The first kappa shape index (κ1) is 13.5. The molecule has 0 radical (unpaired) electrons. The van der Waals surface area contributed by atoms with Crippen LogP contribution in [0.15, 0.2) is 0 Å². The van der Waals surface area contributed by atoms with Gasteiger partial charge in [0.15, 0.2) is 0 Å². The number of likely N-dealkylation sites (tertiary alicyclic amines) is 1. The predicted octanol–water partition coefficient (Wildman–Crippen LogP) is 1.14. The Morgan fingerprint density at radius 2 is 2.25 bits per heavy atom. The first-order valence-electron chi connectivity index (χ1n) is 6.26. The lowest BCUT2D eigenvalue weighted by molar-refractivity contribution is -0.141. The number of rotatable bonds is 5. The van der Waals surface area contributed by atoms with Crippen molar-refractivity contribution in [1.82, 2.24) is 4.90 Å². The molecule has 0 aromatic heterocycles. The van der Waals surface area contributed by atoms with Crippen molar-refractivity contribution in [3.8, 4) is 0 Å². The van der Waals surface area contributed by atoms with Crippen molar-refractivity contribution in [1.29, 1.82) is 0 Å². The van der Waals surface area contributed by atoms with Crippen molar-refractivity contribution in [3.63, 3.8) is 0 Å². The van der Waals surface area contributed by atoms with E-state index in [0.29, 0.717) is 12.6 Å². The van der Waals surface area contributed by atoms with Gasteiger partial charge in [0.25, 0.3) is 0 Å². The van der Waals surface area contributed by atoms with Gasteiger partial charge in [0.1, 0.15) is 6.61 Å². The lowest BCUT2D eigenvalue weighted by Crippen LogP contribution is -2.46. The van der Waals surface area contributed by atoms with E-state index in [2.05, 4.69) is 0 Å². The monoisotopic (exact) mass is 228 g/mol. The number of amides is 1. The first-order valence-corrected chi connectivity index (χ1v) is 6.26. The van der Waals surface area contributed by atoms with E-state index in [1.807, 2.05) is 18.7 Å². The van der Waals surface area contributed by atoms with Gasteiger partial charge >= 0.3 is 0 Å². The Balaban J connectivity index is 2.43. The Morgan fingerprint density at radius 3 is 2.88 bits per heavy atom. The fraction of sp³-hybridized carbons (Fsp3) is 0.917. The van der Waals surface area contributed by atoms with Gasteiger partial charge in [-0.2, -0.15) is 0 Å². The summed E-state index contributed by atoms with van der Waals surface area (Å²) in [6.45, 7) is 5.62. The number of hydrogen-bond donors (Lipinski definition) is 1. The highest BCUT2D eigenvalue weighted by Crippen LogP contribution is 2.19. The molecule has 1 saturated heterocycles. The zero-order valence-electron chi connectivity index (χ0n) is 10.4. The lowest BCUT2D eigenvalue weighted by atomic mass is 9.99. The van der Waals surface area contributed by atoms with Crippen LogP contribution in [0.3, 0.4) is 0 Å². The van der Waals surface area contributed by atoms with Gasteiger partial charge < -0.3 is 15.4 Å². The SMILES string of the molecule is CC(C)OCC(=O)N1CCCCC1CCN. The van der Waals surface area contributed by atoms with E-state index in [9.17, 15) is 4.79 Å². The lowest BCUT2D eigenvalue weighted by Gasteiger charge is -2.35. The van der Waals surface area contributed by atoms with Crippen LogP contribution < -0.4 is 5.73 Å². The highest BCUT2D eigenvalue weighted by Gasteiger charge is 2.25. The van der Waals surface area contributed by atoms with Crippen molar-refractivity contribution in [2.75, 3.05) is 19.7 Å². The first-order chi connectivity index (χ1) is 7.65. The van der Waals surface area contributed by atoms with Crippen molar-refractivity contribution in [2.24, 2.45) is 5.73 Å². The quantitative estimate of drug-likeness (QED) is 0.767. The van der Waals surface area contributed by atoms with Crippen LogP contribution in [0.25, 0.3) is 0 Å². The third-order valence-electron chi connectivity index (χ3n) is 2.99. The Hall–Kier alpha value is -0.610. The van der Waals surface area contributed by atoms with E-state index >= 15 is 0 Å². The van der Waals surface area contributed by atoms with E-state index in [4.69, 9.17) is 10.5 Å². The highest BCUT2D eigenvalue weighted by molar-refractivity contribution is 5.77. The number of nitrogens with two attached hydrogens (primary N) is 1. The highest BCUT2D eigenvalue weighted by atomic mass is 16.5. The fourth-order valence-electron chi connectivity index (χ4n) is 2.14. The number of nitrogens with zero attached hydrogens (tertiary/aromatic N) is 1. The van der Waals surface area contributed by atoms with Crippen molar-refractivity contribution < 1.29 is 9.53 Å². The second kappa shape index (κ2) is 6.86. The minimum atomic E-state index is 0.113. The molecular weight excluding hydrogens is 204 g/mol. The average molecular weight is 228 g/mol. The number of carbonyl (C=O) groups excluding carboxylic acids is 1. The maximum absolute atomic E-state index is 11.9. The summed E-state index contributed by atoms with van der Waals surface area (Å²) in [5.74, 6) is 0.117. The minimum absolute atomic E-state index is 0.113. The van der Waals surface area contributed by atoms with Gasteiger partial charge in [-0.1, -0.05) is 0 Å². The van der Waals surface area contributed by atoms with Gasteiger partial charge in [-0.05, 0) is 46.1 Å². The van der Waals surface area contributed by atoms with Gasteiger partial charge in [0.2, 0.25) is 5.91 Å². The summed E-state index contributed by atoms with van der Waals surface area (Å²) in [5.41, 5.74) is 5.57. The van der Waals surface area contributed by atoms with Crippen molar-refractivity contribution >= 4 is 5.91 Å². The van der Waals surface area contributed by atoms with E-state index in [1.54, 1.807) is 0 Å². The molecule has 4 nitrogen and oxygen atoms in total. The van der Waals surface area contributed by atoms with Crippen LogP contribution >= 0.6 is 0 Å². The van der Waals surface area contributed by atoms with Crippen LogP contribution in [0, 0.1) is 0 Å². The minimum Gasteiger partial charge on any atom is -0.369 e. The molecule has 4 heteroatoms. The van der Waals surface area contributed by atoms with Crippen LogP contribution in [0.4, 0.5) is 0 Å². The van der Waals surface area contributed by atoms with Crippen LogP contribution in [0.5, 0.6) is 0 Å². The smallest absolute Gasteiger partial charge is 0.248 e. The largest absolute Gasteiger partial charge is 0.369 e. The van der Waals surface area contributed by atoms with Gasteiger partial charge in [-0.3, -0.25) is 4.79 Å². The standard InChI is InChI=1S/C12H24N2O2/c1-10(2)16-9-12(15)14-8-4-3-5-11(14)6-7-13/h10-11H,3-9,13H2,1-2H3. The molecule has 0 aromatic rings. The number of hydrogen-bond acceptors (Lipinski definition) is 3. The zero-order valence-corrected chi connectivity index (χ0v) is 10.4. The van der Waals surface area contributed by atoms with E-state index in [-0.39, 0.29) is 18.6 Å². The number of ether oxygens (including phenoxy) is 1. The van der Waals surface area contributed by atoms with Gasteiger partial charge in [-0.25, -0.2) is 0 Å². The third kappa shape index (κ3) is 4.10. The average Bonchev–Trinajstić information content (AvgIpc) is 2.27. The molecule has 0 saturated carbocycles.